The summed E-state index contributed by atoms with van der Waals surface area (Å²) in [5.74, 6) is -0.0350. The fraction of sp³-hybridized carbons (Fsp3) is 0.714. The van der Waals surface area contributed by atoms with Gasteiger partial charge in [0.05, 0.1) is 11.6 Å². The van der Waals surface area contributed by atoms with Gasteiger partial charge in [0.1, 0.15) is 0 Å². The lowest BCUT2D eigenvalue weighted by Gasteiger charge is -2.23. The van der Waals surface area contributed by atoms with Crippen molar-refractivity contribution >= 4 is 5.97 Å². The highest BCUT2D eigenvalue weighted by Crippen LogP contribution is 2.23. The Kier molecular flexibility index (Phi) is 4.20. The van der Waals surface area contributed by atoms with E-state index in [9.17, 15) is 4.79 Å². The molecular formula is C14H24N2O2. The first kappa shape index (κ1) is 14.7. The molecule has 0 aromatic carbocycles. The van der Waals surface area contributed by atoms with Crippen molar-refractivity contribution < 1.29 is 9.53 Å². The van der Waals surface area contributed by atoms with Crippen LogP contribution in [-0.4, -0.2) is 21.9 Å². The lowest BCUT2D eigenvalue weighted by Crippen LogP contribution is -2.26. The molecule has 1 heterocycles. The fourth-order valence-electron chi connectivity index (χ4n) is 1.72. The Labute approximate surface area is 109 Å². The van der Waals surface area contributed by atoms with Gasteiger partial charge < -0.3 is 4.74 Å². The van der Waals surface area contributed by atoms with E-state index in [0.717, 1.165) is 5.69 Å². The highest BCUT2D eigenvalue weighted by molar-refractivity contribution is 5.87. The molecule has 0 bridgehead atoms. The van der Waals surface area contributed by atoms with Crippen molar-refractivity contribution in [3.63, 3.8) is 0 Å². The summed E-state index contributed by atoms with van der Waals surface area (Å²) in [6, 6.07) is 1.83. The van der Waals surface area contributed by atoms with Crippen molar-refractivity contribution in [2.24, 2.45) is 0 Å². The van der Waals surface area contributed by atoms with Crippen LogP contribution in [0.25, 0.3) is 0 Å². The van der Waals surface area contributed by atoms with Gasteiger partial charge in [0.15, 0.2) is 5.69 Å². The molecule has 1 aromatic rings. The second kappa shape index (κ2) is 5.12. The number of carbonyl (C=O) groups is 1. The Hall–Kier alpha value is -1.32. The molecule has 0 atom stereocenters. The van der Waals surface area contributed by atoms with E-state index in [2.05, 4.69) is 39.7 Å². The number of esters is 1. The molecule has 1 rings (SSSR count). The molecule has 0 aliphatic heterocycles. The third kappa shape index (κ3) is 3.34. The highest BCUT2D eigenvalue weighted by atomic mass is 16.5. The average molecular weight is 252 g/mol. The van der Waals surface area contributed by atoms with Gasteiger partial charge in [-0.1, -0.05) is 13.8 Å². The molecule has 18 heavy (non-hydrogen) atoms. The van der Waals surface area contributed by atoms with Crippen LogP contribution in [0.3, 0.4) is 0 Å². The average Bonchev–Trinajstić information content (AvgIpc) is 2.59. The summed E-state index contributed by atoms with van der Waals surface area (Å²) in [5.41, 5.74) is 1.30. The first-order valence-corrected chi connectivity index (χ1v) is 6.44. The van der Waals surface area contributed by atoms with E-state index in [1.54, 1.807) is 0 Å². The van der Waals surface area contributed by atoms with Gasteiger partial charge in [-0.2, -0.15) is 5.10 Å². The predicted octanol–water partition coefficient (Wildman–Crippen LogP) is 3.33. The van der Waals surface area contributed by atoms with E-state index < -0.39 is 0 Å². The van der Waals surface area contributed by atoms with Crippen LogP contribution >= 0.6 is 0 Å². The zero-order valence-corrected chi connectivity index (χ0v) is 12.4. The van der Waals surface area contributed by atoms with Crippen LogP contribution in [0, 0.1) is 0 Å². The van der Waals surface area contributed by atoms with Crippen LogP contribution in [0.4, 0.5) is 0 Å². The van der Waals surface area contributed by atoms with Crippen LogP contribution < -0.4 is 0 Å². The fourth-order valence-corrected chi connectivity index (χ4v) is 1.72. The van der Waals surface area contributed by atoms with Crippen molar-refractivity contribution in [1.29, 1.82) is 0 Å². The maximum Gasteiger partial charge on any atom is 0.359 e. The summed E-state index contributed by atoms with van der Waals surface area (Å²) in [7, 11) is 0. The summed E-state index contributed by atoms with van der Waals surface area (Å²) in [6.45, 7) is 14.1. The molecule has 1 aromatic heterocycles. The van der Waals surface area contributed by atoms with Gasteiger partial charge in [-0.3, -0.25) is 4.68 Å². The van der Waals surface area contributed by atoms with E-state index in [4.69, 9.17) is 4.74 Å². The number of hydrogen-bond acceptors (Lipinski definition) is 3. The summed E-state index contributed by atoms with van der Waals surface area (Å²) < 4.78 is 7.09. The molecule has 0 aliphatic carbocycles. The number of rotatable bonds is 3. The number of carbonyl (C=O) groups excluding carboxylic acids is 1. The summed E-state index contributed by atoms with van der Waals surface area (Å²) in [6.07, 6.45) is -0.125. The molecule has 0 aliphatic rings. The van der Waals surface area contributed by atoms with E-state index in [0.29, 0.717) is 11.6 Å². The van der Waals surface area contributed by atoms with Crippen molar-refractivity contribution in [2.75, 3.05) is 0 Å². The van der Waals surface area contributed by atoms with E-state index in [1.807, 2.05) is 24.6 Å². The molecule has 0 spiro atoms. The van der Waals surface area contributed by atoms with E-state index >= 15 is 0 Å². The molecule has 102 valence electrons. The minimum Gasteiger partial charge on any atom is -0.458 e. The lowest BCUT2D eigenvalue weighted by molar-refractivity contribution is 0.0369. The Bertz CT molecular complexity index is 425. The SMILES string of the molecule is CC(C)OC(=O)c1cc(C(C)C)n(C(C)(C)C)n1. The monoisotopic (exact) mass is 252 g/mol. The Morgan fingerprint density at radius 2 is 1.83 bits per heavy atom. The number of hydrogen-bond donors (Lipinski definition) is 0. The van der Waals surface area contributed by atoms with Gasteiger partial charge in [0.25, 0.3) is 0 Å². The molecule has 4 nitrogen and oxygen atoms in total. The largest absolute Gasteiger partial charge is 0.458 e. The molecule has 0 fully saturated rings. The molecule has 0 amide bonds. The quantitative estimate of drug-likeness (QED) is 0.775. The van der Waals surface area contributed by atoms with Crippen LogP contribution in [0.2, 0.25) is 0 Å². The Morgan fingerprint density at radius 1 is 1.28 bits per heavy atom. The van der Waals surface area contributed by atoms with Crippen LogP contribution in [0.5, 0.6) is 0 Å². The zero-order chi connectivity index (χ0) is 14.1. The van der Waals surface area contributed by atoms with Gasteiger partial charge >= 0.3 is 5.97 Å². The molecule has 0 saturated heterocycles. The second-order valence-corrected chi connectivity index (χ2v) is 6.15. The van der Waals surface area contributed by atoms with Gasteiger partial charge in [0.2, 0.25) is 0 Å². The highest BCUT2D eigenvalue weighted by Gasteiger charge is 2.24. The maximum absolute atomic E-state index is 11.9. The van der Waals surface area contributed by atoms with Crippen LogP contribution in [0.15, 0.2) is 6.07 Å². The van der Waals surface area contributed by atoms with Gasteiger partial charge in [-0.15, -0.1) is 0 Å². The van der Waals surface area contributed by atoms with Crippen molar-refractivity contribution in [1.82, 2.24) is 9.78 Å². The Morgan fingerprint density at radius 3 is 2.17 bits per heavy atom. The van der Waals surface area contributed by atoms with Crippen LogP contribution in [0.1, 0.15) is 70.6 Å². The first-order valence-electron chi connectivity index (χ1n) is 6.44. The predicted molar refractivity (Wildman–Crippen MR) is 71.9 cm³/mol. The third-order valence-electron chi connectivity index (χ3n) is 2.52. The second-order valence-electron chi connectivity index (χ2n) is 6.15. The molecule has 4 heteroatoms. The summed E-state index contributed by atoms with van der Waals surface area (Å²) in [4.78, 5) is 11.9. The zero-order valence-electron chi connectivity index (χ0n) is 12.4. The minimum absolute atomic E-state index is 0.125. The third-order valence-corrected chi connectivity index (χ3v) is 2.52. The lowest BCUT2D eigenvalue weighted by atomic mass is 10.1. The summed E-state index contributed by atoms with van der Waals surface area (Å²) in [5, 5.41) is 4.40. The van der Waals surface area contributed by atoms with E-state index in [-0.39, 0.29) is 17.6 Å². The number of ether oxygens (including phenoxy) is 1. The smallest absolute Gasteiger partial charge is 0.359 e. The molecule has 0 radical (unpaired) electrons. The molecule has 0 saturated carbocycles. The minimum atomic E-state index is -0.352. The van der Waals surface area contributed by atoms with E-state index in [1.165, 1.54) is 0 Å². The Balaban J connectivity index is 3.14. The number of nitrogens with zero attached hydrogens (tertiary/aromatic N) is 2. The standard InChI is InChI=1S/C14H24N2O2/c1-9(2)12-8-11(13(17)18-10(3)4)15-16(12)14(5,6)7/h8-10H,1-7H3. The normalized spacial score (nSPS) is 12.3. The number of aromatic nitrogens is 2. The topological polar surface area (TPSA) is 44.1 Å². The van der Waals surface area contributed by atoms with Crippen molar-refractivity contribution in [3.05, 3.63) is 17.5 Å². The maximum atomic E-state index is 11.9. The van der Waals surface area contributed by atoms with Gasteiger partial charge in [-0.25, -0.2) is 4.79 Å². The van der Waals surface area contributed by atoms with Crippen molar-refractivity contribution in [3.8, 4) is 0 Å². The van der Waals surface area contributed by atoms with Crippen molar-refractivity contribution in [2.45, 2.75) is 66.0 Å². The summed E-state index contributed by atoms with van der Waals surface area (Å²) >= 11 is 0. The van der Waals surface area contributed by atoms with Gasteiger partial charge in [-0.05, 0) is 46.6 Å². The molecular weight excluding hydrogens is 228 g/mol. The van der Waals surface area contributed by atoms with Crippen LogP contribution in [-0.2, 0) is 10.3 Å². The molecule has 0 N–H and O–H groups in total. The molecule has 0 unspecified atom stereocenters. The first-order chi connectivity index (χ1) is 8.12. The van der Waals surface area contributed by atoms with Gasteiger partial charge in [0, 0.05) is 5.69 Å².